The Morgan fingerprint density at radius 2 is 2.08 bits per heavy atom. The molecular formula is C21H27FO2. The van der Waals surface area contributed by atoms with E-state index in [1.54, 1.807) is 12.1 Å². The van der Waals surface area contributed by atoms with Crippen LogP contribution < -0.4 is 0 Å². The molecule has 0 aliphatic heterocycles. The second kappa shape index (κ2) is 5.32. The fourth-order valence-corrected chi connectivity index (χ4v) is 6.36. The van der Waals surface area contributed by atoms with E-state index in [0.717, 1.165) is 29.5 Å². The number of phenolic OH excluding ortho intramolecular Hbond substituents is 1. The summed E-state index contributed by atoms with van der Waals surface area (Å²) in [7, 11) is 0. The van der Waals surface area contributed by atoms with Gasteiger partial charge >= 0.3 is 0 Å². The molecule has 2 N–H and O–H groups in total. The lowest BCUT2D eigenvalue weighted by Crippen LogP contribution is -2.47. The van der Waals surface area contributed by atoms with Gasteiger partial charge in [0.05, 0.1) is 6.10 Å². The summed E-state index contributed by atoms with van der Waals surface area (Å²) in [5.41, 5.74) is 3.05. The maximum absolute atomic E-state index is 15.3. The summed E-state index contributed by atoms with van der Waals surface area (Å²) in [4.78, 5) is 0. The van der Waals surface area contributed by atoms with E-state index in [4.69, 9.17) is 0 Å². The summed E-state index contributed by atoms with van der Waals surface area (Å²) in [5.74, 6) is 0.770. The van der Waals surface area contributed by atoms with Crippen molar-refractivity contribution in [2.45, 2.75) is 57.7 Å². The summed E-state index contributed by atoms with van der Waals surface area (Å²) >= 11 is 0. The second-order valence-electron chi connectivity index (χ2n) is 8.65. The summed E-state index contributed by atoms with van der Waals surface area (Å²) in [6, 6.07) is 5.39. The van der Waals surface area contributed by atoms with Gasteiger partial charge in [0.15, 0.2) is 0 Å². The van der Waals surface area contributed by atoms with E-state index in [0.29, 0.717) is 18.8 Å². The minimum atomic E-state index is -0.879. The van der Waals surface area contributed by atoms with Gasteiger partial charge in [-0.25, -0.2) is 4.39 Å². The molecule has 0 radical (unpaired) electrons. The lowest BCUT2D eigenvalue weighted by molar-refractivity contribution is -0.0112. The minimum absolute atomic E-state index is 0.0775. The summed E-state index contributed by atoms with van der Waals surface area (Å²) < 4.78 is 15.3. The van der Waals surface area contributed by atoms with Gasteiger partial charge in [0.25, 0.3) is 0 Å². The van der Waals surface area contributed by atoms with E-state index in [1.165, 1.54) is 0 Å². The van der Waals surface area contributed by atoms with Crippen molar-refractivity contribution < 1.29 is 14.6 Å². The Balaban J connectivity index is 1.79. The van der Waals surface area contributed by atoms with Crippen molar-refractivity contribution >= 4 is 0 Å². The molecule has 4 rings (SSSR count). The maximum Gasteiger partial charge on any atom is 0.115 e. The Hall–Kier alpha value is -1.35. The molecule has 0 heterocycles. The van der Waals surface area contributed by atoms with Gasteiger partial charge in [-0.1, -0.05) is 25.1 Å². The highest BCUT2D eigenvalue weighted by Crippen LogP contribution is 2.64. The number of hydrogen-bond acceptors (Lipinski definition) is 2. The van der Waals surface area contributed by atoms with Gasteiger partial charge in [0, 0.05) is 11.8 Å². The molecule has 2 fully saturated rings. The third-order valence-corrected chi connectivity index (χ3v) is 7.06. The second-order valence-corrected chi connectivity index (χ2v) is 8.65. The van der Waals surface area contributed by atoms with E-state index >= 15 is 4.39 Å². The van der Waals surface area contributed by atoms with E-state index in [9.17, 15) is 10.2 Å². The summed E-state index contributed by atoms with van der Waals surface area (Å²) in [6.45, 7) is 8.31. The molecule has 2 saturated carbocycles. The van der Waals surface area contributed by atoms with Gasteiger partial charge in [-0.05, 0) is 73.1 Å². The van der Waals surface area contributed by atoms with Gasteiger partial charge in [-0.2, -0.15) is 0 Å². The number of benzene rings is 1. The molecular weight excluding hydrogens is 303 g/mol. The van der Waals surface area contributed by atoms with Crippen LogP contribution in [0.4, 0.5) is 4.39 Å². The topological polar surface area (TPSA) is 40.5 Å². The van der Waals surface area contributed by atoms with Crippen molar-refractivity contribution in [2.75, 3.05) is 0 Å². The molecule has 130 valence electrons. The van der Waals surface area contributed by atoms with Gasteiger partial charge in [-0.15, -0.1) is 0 Å². The summed E-state index contributed by atoms with van der Waals surface area (Å²) in [6.07, 6.45) is 1.73. The third kappa shape index (κ3) is 2.17. The van der Waals surface area contributed by atoms with E-state index in [2.05, 4.69) is 13.5 Å². The molecule has 0 spiro atoms. The number of halogens is 1. The van der Waals surface area contributed by atoms with Crippen molar-refractivity contribution in [2.24, 2.45) is 23.2 Å². The highest BCUT2D eigenvalue weighted by molar-refractivity contribution is 5.41. The van der Waals surface area contributed by atoms with E-state index < -0.39 is 12.3 Å². The quantitative estimate of drug-likeness (QED) is 0.751. The molecule has 2 nitrogen and oxygen atoms in total. The predicted molar refractivity (Wildman–Crippen MR) is 92.7 cm³/mol. The molecule has 0 saturated heterocycles. The van der Waals surface area contributed by atoms with Crippen molar-refractivity contribution in [3.8, 4) is 5.75 Å². The molecule has 1 unspecified atom stereocenters. The molecule has 1 aromatic rings. The highest BCUT2D eigenvalue weighted by Gasteiger charge is 2.60. The van der Waals surface area contributed by atoms with Crippen LogP contribution >= 0.6 is 0 Å². The Bertz CT molecular complexity index is 684. The zero-order chi connectivity index (χ0) is 17.2. The van der Waals surface area contributed by atoms with Gasteiger partial charge < -0.3 is 10.2 Å². The average Bonchev–Trinajstić information content (AvgIpc) is 2.76. The number of alkyl halides is 1. The Morgan fingerprint density at radius 1 is 1.33 bits per heavy atom. The number of rotatable bonds is 1. The number of aromatic hydroxyl groups is 1. The maximum atomic E-state index is 15.3. The number of aliphatic hydroxyl groups excluding tert-OH is 1. The number of phenols is 1. The molecule has 0 amide bonds. The van der Waals surface area contributed by atoms with Crippen LogP contribution in [-0.4, -0.2) is 22.5 Å². The Labute approximate surface area is 143 Å². The van der Waals surface area contributed by atoms with Crippen molar-refractivity contribution in [3.63, 3.8) is 0 Å². The number of aliphatic hydroxyl groups is 1. The SMILES string of the molecule is C=C(C)C1[C@H](O)C[C@@]2(C)C[C@H](F)[C@@H]3c4ccc(O)cc4CC[C@H]3[C@H]12. The van der Waals surface area contributed by atoms with E-state index in [1.807, 2.05) is 13.0 Å². The first kappa shape index (κ1) is 16.1. The van der Waals surface area contributed by atoms with Crippen LogP contribution in [0.25, 0.3) is 0 Å². The van der Waals surface area contributed by atoms with Crippen LogP contribution in [0.3, 0.4) is 0 Å². The fraction of sp³-hybridized carbons (Fsp3) is 0.619. The average molecular weight is 330 g/mol. The smallest absolute Gasteiger partial charge is 0.115 e. The first-order chi connectivity index (χ1) is 11.3. The van der Waals surface area contributed by atoms with Crippen LogP contribution in [0.2, 0.25) is 0 Å². The van der Waals surface area contributed by atoms with Crippen LogP contribution in [-0.2, 0) is 6.42 Å². The number of fused-ring (bicyclic) bond motifs is 5. The van der Waals surface area contributed by atoms with Crippen LogP contribution in [0.5, 0.6) is 5.75 Å². The fourth-order valence-electron chi connectivity index (χ4n) is 6.36. The first-order valence-electron chi connectivity index (χ1n) is 9.11. The molecule has 3 aliphatic carbocycles. The number of aryl methyl sites for hydroxylation is 1. The molecule has 7 atom stereocenters. The van der Waals surface area contributed by atoms with Crippen LogP contribution in [0, 0.1) is 23.2 Å². The molecule has 3 heteroatoms. The number of hydrogen-bond donors (Lipinski definition) is 2. The summed E-state index contributed by atoms with van der Waals surface area (Å²) in [5, 5.41) is 20.4. The van der Waals surface area contributed by atoms with Gasteiger partial charge in [0.2, 0.25) is 0 Å². The normalized spacial score (nSPS) is 43.7. The standard InChI is InChI=1S/C21H27FO2/c1-11(2)18-17(24)10-21(3)9-16(22)19-14-7-5-13(23)8-12(14)4-6-15(19)20(18)21/h5,7-8,15-20,23-24H,1,4,6,9-10H2,2-3H3/t15-,16+,17-,18?,19-,20-,21-/m1/s1. The monoisotopic (exact) mass is 330 g/mol. The van der Waals surface area contributed by atoms with Gasteiger partial charge in [0.1, 0.15) is 11.9 Å². The zero-order valence-corrected chi connectivity index (χ0v) is 14.5. The first-order valence-corrected chi connectivity index (χ1v) is 9.11. The molecule has 1 aromatic carbocycles. The zero-order valence-electron chi connectivity index (χ0n) is 14.5. The third-order valence-electron chi connectivity index (χ3n) is 7.06. The lowest BCUT2D eigenvalue weighted by atomic mass is 9.53. The van der Waals surface area contributed by atoms with Crippen molar-refractivity contribution in [3.05, 3.63) is 41.5 Å². The molecule has 24 heavy (non-hydrogen) atoms. The molecule has 0 aromatic heterocycles. The van der Waals surface area contributed by atoms with Crippen LogP contribution in [0.15, 0.2) is 30.4 Å². The lowest BCUT2D eigenvalue weighted by Gasteiger charge is -2.52. The van der Waals surface area contributed by atoms with Crippen molar-refractivity contribution in [1.82, 2.24) is 0 Å². The molecule has 0 bridgehead atoms. The molecule has 3 aliphatic rings. The largest absolute Gasteiger partial charge is 0.508 e. The van der Waals surface area contributed by atoms with Crippen LogP contribution in [0.1, 0.15) is 50.2 Å². The Morgan fingerprint density at radius 3 is 2.79 bits per heavy atom. The highest BCUT2D eigenvalue weighted by atomic mass is 19.1. The van der Waals surface area contributed by atoms with Crippen molar-refractivity contribution in [1.29, 1.82) is 0 Å². The minimum Gasteiger partial charge on any atom is -0.508 e. The Kier molecular flexibility index (Phi) is 3.58. The van der Waals surface area contributed by atoms with E-state index in [-0.39, 0.29) is 28.9 Å². The van der Waals surface area contributed by atoms with Gasteiger partial charge in [-0.3, -0.25) is 0 Å². The predicted octanol–water partition coefficient (Wildman–Crippen LogP) is 4.36.